The molecule has 11 nitrogen and oxygen atoms in total. The van der Waals surface area contributed by atoms with Crippen LogP contribution in [0.5, 0.6) is 0 Å². The summed E-state index contributed by atoms with van der Waals surface area (Å²) < 4.78 is 11.7. The van der Waals surface area contributed by atoms with E-state index in [4.69, 9.17) is 9.47 Å². The van der Waals surface area contributed by atoms with Crippen LogP contribution in [0.1, 0.15) is 58.8 Å². The summed E-state index contributed by atoms with van der Waals surface area (Å²) in [5, 5.41) is 66.9. The highest BCUT2D eigenvalue weighted by atomic mass is 16.7. The molecule has 1 aliphatic carbocycles. The molecule has 2 rings (SSSR count). The number of hydrogen-bond donors (Lipinski definition) is 8. The molecule has 34 heavy (non-hydrogen) atoms. The quantitative estimate of drug-likeness (QED) is 0.139. The highest BCUT2D eigenvalue weighted by Crippen LogP contribution is 2.29. The normalized spacial score (nSPS) is 38.6. The van der Waals surface area contributed by atoms with Gasteiger partial charge in [0.2, 0.25) is 5.91 Å². The molecule has 1 saturated heterocycles. The summed E-state index contributed by atoms with van der Waals surface area (Å²) in [5.74, 6) is -1.06. The number of nitrogens with one attached hydrogen (secondary N) is 2. The van der Waals surface area contributed by atoms with Crippen LogP contribution < -0.4 is 10.6 Å². The predicted octanol–water partition coefficient (Wildman–Crippen LogP) is -1.63. The second kappa shape index (κ2) is 14.6. The molecule has 8 N–H and O–H groups in total. The van der Waals surface area contributed by atoms with E-state index in [9.17, 15) is 35.4 Å². The minimum absolute atomic E-state index is 0.125. The zero-order valence-electron chi connectivity index (χ0n) is 20.3. The van der Waals surface area contributed by atoms with Crippen molar-refractivity contribution < 1.29 is 44.9 Å². The van der Waals surface area contributed by atoms with Gasteiger partial charge in [0.15, 0.2) is 6.29 Å². The lowest BCUT2D eigenvalue weighted by molar-refractivity contribution is -0.252. The van der Waals surface area contributed by atoms with Gasteiger partial charge in [-0.1, -0.05) is 39.0 Å². The van der Waals surface area contributed by atoms with Crippen molar-refractivity contribution >= 4 is 5.91 Å². The van der Waals surface area contributed by atoms with Crippen LogP contribution in [0.15, 0.2) is 0 Å². The van der Waals surface area contributed by atoms with Gasteiger partial charge < -0.3 is 50.7 Å². The summed E-state index contributed by atoms with van der Waals surface area (Å²) in [7, 11) is 0. The van der Waals surface area contributed by atoms with E-state index >= 15 is 0 Å². The maximum Gasteiger partial charge on any atom is 0.217 e. The molecular weight excluding hydrogens is 448 g/mol. The van der Waals surface area contributed by atoms with Gasteiger partial charge in [-0.15, -0.1) is 0 Å². The molecule has 10 atom stereocenters. The molecule has 0 unspecified atom stereocenters. The molecule has 1 aliphatic heterocycles. The van der Waals surface area contributed by atoms with Crippen LogP contribution in [0.2, 0.25) is 0 Å². The SMILES string of the molecule is CCCCCCCCO[C@@H]1O[C@H](CO)[C@@H](O)[C@H](N[C@@H]2C[C@H](CO)[C@H](O)[C@H](O)[C@H]2O)[C@H]1NC(C)=O. The molecule has 0 radical (unpaired) electrons. The van der Waals surface area contributed by atoms with Crippen molar-refractivity contribution in [3.05, 3.63) is 0 Å². The van der Waals surface area contributed by atoms with Crippen LogP contribution in [-0.4, -0.2) is 111 Å². The van der Waals surface area contributed by atoms with Gasteiger partial charge in [0.25, 0.3) is 0 Å². The number of aliphatic hydroxyl groups excluding tert-OH is 6. The van der Waals surface area contributed by atoms with Crippen molar-refractivity contribution in [1.82, 2.24) is 10.6 Å². The molecule has 2 aliphatic rings. The van der Waals surface area contributed by atoms with Gasteiger partial charge in [-0.3, -0.25) is 4.79 Å². The summed E-state index contributed by atoms with van der Waals surface area (Å²) >= 11 is 0. The summed E-state index contributed by atoms with van der Waals surface area (Å²) in [5.41, 5.74) is 0. The van der Waals surface area contributed by atoms with Gasteiger partial charge in [-0.05, 0) is 12.8 Å². The fraction of sp³-hybridized carbons (Fsp3) is 0.957. The number of rotatable bonds is 13. The van der Waals surface area contributed by atoms with Gasteiger partial charge in [-0.25, -0.2) is 0 Å². The Hall–Kier alpha value is -0.890. The molecule has 0 aromatic heterocycles. The van der Waals surface area contributed by atoms with Gasteiger partial charge in [-0.2, -0.15) is 0 Å². The average Bonchev–Trinajstić information content (AvgIpc) is 2.81. The monoisotopic (exact) mass is 492 g/mol. The van der Waals surface area contributed by atoms with Gasteiger partial charge in [0.05, 0.1) is 37.0 Å². The average molecular weight is 493 g/mol. The Labute approximate surface area is 201 Å². The molecule has 0 bridgehead atoms. The van der Waals surface area contributed by atoms with Crippen LogP contribution in [0.3, 0.4) is 0 Å². The summed E-state index contributed by atoms with van der Waals surface area (Å²) in [6.07, 6.45) is -0.855. The lowest BCUT2D eigenvalue weighted by atomic mass is 9.79. The first kappa shape index (κ1) is 29.3. The molecule has 1 saturated carbocycles. The highest BCUT2D eigenvalue weighted by Gasteiger charge is 2.49. The van der Waals surface area contributed by atoms with Crippen LogP contribution in [0.25, 0.3) is 0 Å². The van der Waals surface area contributed by atoms with Crippen molar-refractivity contribution in [1.29, 1.82) is 0 Å². The number of hydrogen-bond acceptors (Lipinski definition) is 10. The number of unbranched alkanes of at least 4 members (excludes halogenated alkanes) is 5. The van der Waals surface area contributed by atoms with E-state index in [1.807, 2.05) is 0 Å². The van der Waals surface area contributed by atoms with Gasteiger partial charge in [0, 0.05) is 32.1 Å². The van der Waals surface area contributed by atoms with Crippen LogP contribution in [0.4, 0.5) is 0 Å². The van der Waals surface area contributed by atoms with Crippen molar-refractivity contribution in [2.45, 2.75) is 114 Å². The van der Waals surface area contributed by atoms with E-state index in [1.54, 1.807) is 0 Å². The van der Waals surface area contributed by atoms with E-state index in [-0.39, 0.29) is 12.3 Å². The third-order valence-electron chi connectivity index (χ3n) is 6.86. The Morgan fingerprint density at radius 1 is 0.912 bits per heavy atom. The zero-order valence-corrected chi connectivity index (χ0v) is 20.3. The first-order chi connectivity index (χ1) is 16.2. The lowest BCUT2D eigenvalue weighted by Gasteiger charge is -2.48. The van der Waals surface area contributed by atoms with Crippen LogP contribution >= 0.6 is 0 Å². The molecule has 1 heterocycles. The first-order valence-corrected chi connectivity index (χ1v) is 12.5. The minimum Gasteiger partial charge on any atom is -0.396 e. The standard InChI is InChI=1S/C23H44N2O9/c1-3-4-5-6-7-8-9-33-23-18(24-13(2)28)17(21(31)16(12-27)34-23)25-15-10-14(11-26)19(29)22(32)20(15)30/h14-23,25-27,29-32H,3-12H2,1-2H3,(H,24,28)/t14-,15-,16-,17-,18-,19+,20+,21-,22+,23-/m1/s1. The van der Waals surface area contributed by atoms with E-state index in [0.29, 0.717) is 6.61 Å². The lowest BCUT2D eigenvalue weighted by Crippen LogP contribution is -2.72. The van der Waals surface area contributed by atoms with E-state index in [1.165, 1.54) is 13.3 Å². The maximum atomic E-state index is 12.0. The number of carbonyl (C=O) groups is 1. The molecule has 0 aromatic rings. The molecule has 0 aromatic carbocycles. The first-order valence-electron chi connectivity index (χ1n) is 12.5. The maximum absolute atomic E-state index is 12.0. The molecule has 11 heteroatoms. The minimum atomic E-state index is -1.49. The van der Waals surface area contributed by atoms with E-state index in [0.717, 1.165) is 32.1 Å². The molecule has 1 amide bonds. The third kappa shape index (κ3) is 7.81. The van der Waals surface area contributed by atoms with Crippen molar-refractivity contribution in [3.8, 4) is 0 Å². The Bertz CT molecular complexity index is 597. The largest absolute Gasteiger partial charge is 0.396 e. The Morgan fingerprint density at radius 3 is 2.21 bits per heavy atom. The Balaban J connectivity index is 2.12. The summed E-state index contributed by atoms with van der Waals surface area (Å²) in [4.78, 5) is 12.0. The third-order valence-corrected chi connectivity index (χ3v) is 6.86. The number of aliphatic hydroxyl groups is 6. The van der Waals surface area contributed by atoms with Crippen LogP contribution in [0, 0.1) is 5.92 Å². The molecular formula is C23H44N2O9. The summed E-state index contributed by atoms with van der Waals surface area (Å²) in [6, 6.07) is -2.55. The smallest absolute Gasteiger partial charge is 0.217 e. The predicted molar refractivity (Wildman–Crippen MR) is 123 cm³/mol. The molecule has 200 valence electrons. The highest BCUT2D eigenvalue weighted by molar-refractivity contribution is 5.73. The van der Waals surface area contributed by atoms with Crippen molar-refractivity contribution in [2.24, 2.45) is 5.92 Å². The number of amides is 1. The van der Waals surface area contributed by atoms with Gasteiger partial charge >= 0.3 is 0 Å². The second-order valence-corrected chi connectivity index (χ2v) is 9.53. The fourth-order valence-electron chi connectivity index (χ4n) is 4.84. The second-order valence-electron chi connectivity index (χ2n) is 9.53. The molecule has 2 fully saturated rings. The Kier molecular flexibility index (Phi) is 12.6. The van der Waals surface area contributed by atoms with Crippen LogP contribution in [-0.2, 0) is 14.3 Å². The summed E-state index contributed by atoms with van der Waals surface area (Å²) in [6.45, 7) is 2.97. The van der Waals surface area contributed by atoms with Crippen molar-refractivity contribution in [3.63, 3.8) is 0 Å². The fourth-order valence-corrected chi connectivity index (χ4v) is 4.84. The van der Waals surface area contributed by atoms with E-state index < -0.39 is 74.1 Å². The van der Waals surface area contributed by atoms with E-state index in [2.05, 4.69) is 17.6 Å². The Morgan fingerprint density at radius 2 is 1.59 bits per heavy atom. The number of carbonyl (C=O) groups excluding carboxylic acids is 1. The van der Waals surface area contributed by atoms with Crippen molar-refractivity contribution in [2.75, 3.05) is 19.8 Å². The van der Waals surface area contributed by atoms with Gasteiger partial charge in [0.1, 0.15) is 12.2 Å². The zero-order chi connectivity index (χ0) is 25.3. The molecule has 0 spiro atoms. The number of ether oxygens (including phenoxy) is 2. The topological polar surface area (TPSA) is 181 Å².